The molecule has 0 aliphatic carbocycles. The number of methoxy groups -OCH3 is 1. The molecule has 1 fully saturated rings. The maximum atomic E-state index is 12.1. The minimum atomic E-state index is -0.487. The third-order valence-corrected chi connectivity index (χ3v) is 3.69. The van der Waals surface area contributed by atoms with Crippen molar-refractivity contribution in [2.75, 3.05) is 33.3 Å². The topological polar surface area (TPSA) is 72.0 Å². The van der Waals surface area contributed by atoms with E-state index in [0.717, 1.165) is 18.7 Å². The smallest absolute Gasteiger partial charge is 0.410 e. The van der Waals surface area contributed by atoms with Crippen LogP contribution in [0.3, 0.4) is 0 Å². The molecule has 2 rings (SSSR count). The van der Waals surface area contributed by atoms with Crippen LogP contribution in [0.25, 0.3) is 0 Å². The lowest BCUT2D eigenvalue weighted by atomic mass is 10.1. The Hall–Kier alpha value is -2.15. The SMILES string of the molecule is COC(=O)c1ncccc1CN1CCN(C(=O)OC(C)(C)C)CC1. The van der Waals surface area contributed by atoms with E-state index >= 15 is 0 Å². The van der Waals surface area contributed by atoms with E-state index in [-0.39, 0.29) is 6.09 Å². The summed E-state index contributed by atoms with van der Waals surface area (Å²) in [6.07, 6.45) is 1.30. The van der Waals surface area contributed by atoms with Gasteiger partial charge in [0, 0.05) is 38.9 Å². The van der Waals surface area contributed by atoms with Crippen LogP contribution in [-0.2, 0) is 16.0 Å². The lowest BCUT2D eigenvalue weighted by Gasteiger charge is -2.35. The molecule has 7 heteroatoms. The molecule has 1 aliphatic heterocycles. The van der Waals surface area contributed by atoms with Crippen molar-refractivity contribution in [3.8, 4) is 0 Å². The number of carbonyl (C=O) groups is 2. The highest BCUT2D eigenvalue weighted by Crippen LogP contribution is 2.15. The Bertz CT molecular complexity index is 590. The summed E-state index contributed by atoms with van der Waals surface area (Å²) in [7, 11) is 1.35. The van der Waals surface area contributed by atoms with Crippen LogP contribution in [-0.4, -0.2) is 65.7 Å². The van der Waals surface area contributed by atoms with Crippen LogP contribution < -0.4 is 0 Å². The highest BCUT2D eigenvalue weighted by Gasteiger charge is 2.26. The monoisotopic (exact) mass is 335 g/mol. The first-order valence-corrected chi connectivity index (χ1v) is 8.02. The maximum absolute atomic E-state index is 12.1. The van der Waals surface area contributed by atoms with Crippen LogP contribution in [0.1, 0.15) is 36.8 Å². The van der Waals surface area contributed by atoms with Crippen molar-refractivity contribution in [3.63, 3.8) is 0 Å². The van der Waals surface area contributed by atoms with E-state index < -0.39 is 11.6 Å². The molecule has 132 valence electrons. The molecule has 7 nitrogen and oxygen atoms in total. The molecule has 0 unspecified atom stereocenters. The molecule has 1 aromatic rings. The van der Waals surface area contributed by atoms with Crippen LogP contribution in [0.15, 0.2) is 18.3 Å². The first-order valence-electron chi connectivity index (χ1n) is 8.02. The lowest BCUT2D eigenvalue weighted by Crippen LogP contribution is -2.49. The number of amides is 1. The zero-order valence-corrected chi connectivity index (χ0v) is 14.7. The molecule has 1 aromatic heterocycles. The molecule has 0 bridgehead atoms. The fourth-order valence-corrected chi connectivity index (χ4v) is 2.50. The summed E-state index contributed by atoms with van der Waals surface area (Å²) >= 11 is 0. The number of ether oxygens (including phenoxy) is 2. The Morgan fingerprint density at radius 3 is 2.46 bits per heavy atom. The van der Waals surface area contributed by atoms with Gasteiger partial charge in [-0.15, -0.1) is 0 Å². The van der Waals surface area contributed by atoms with Gasteiger partial charge < -0.3 is 14.4 Å². The first-order chi connectivity index (χ1) is 11.3. The second-order valence-electron chi connectivity index (χ2n) is 6.75. The molecule has 0 N–H and O–H groups in total. The molecule has 1 aliphatic rings. The molecular formula is C17H25N3O4. The van der Waals surface area contributed by atoms with Crippen molar-refractivity contribution in [3.05, 3.63) is 29.6 Å². The Morgan fingerprint density at radius 1 is 1.21 bits per heavy atom. The van der Waals surface area contributed by atoms with E-state index in [1.807, 2.05) is 26.8 Å². The van der Waals surface area contributed by atoms with Crippen molar-refractivity contribution in [2.24, 2.45) is 0 Å². The maximum Gasteiger partial charge on any atom is 0.410 e. The number of hydrogen-bond acceptors (Lipinski definition) is 6. The van der Waals surface area contributed by atoms with Crippen LogP contribution in [0.4, 0.5) is 4.79 Å². The number of carbonyl (C=O) groups excluding carboxylic acids is 2. The Balaban J connectivity index is 1.92. The predicted molar refractivity (Wildman–Crippen MR) is 88.7 cm³/mol. The molecule has 0 atom stereocenters. The third kappa shape index (κ3) is 4.92. The van der Waals surface area contributed by atoms with Gasteiger partial charge in [0.05, 0.1) is 7.11 Å². The van der Waals surface area contributed by atoms with Crippen molar-refractivity contribution in [1.82, 2.24) is 14.8 Å². The molecule has 0 spiro atoms. The van der Waals surface area contributed by atoms with Gasteiger partial charge in [-0.05, 0) is 32.4 Å². The summed E-state index contributed by atoms with van der Waals surface area (Å²) in [5.41, 5.74) is 0.684. The predicted octanol–water partition coefficient (Wildman–Crippen LogP) is 1.92. The molecule has 0 radical (unpaired) electrons. The quantitative estimate of drug-likeness (QED) is 0.786. The summed E-state index contributed by atoms with van der Waals surface area (Å²) in [5, 5.41) is 0. The van der Waals surface area contributed by atoms with Crippen molar-refractivity contribution >= 4 is 12.1 Å². The Labute approximate surface area is 142 Å². The van der Waals surface area contributed by atoms with Gasteiger partial charge in [0.15, 0.2) is 5.69 Å². The van der Waals surface area contributed by atoms with Gasteiger partial charge in [0.25, 0.3) is 0 Å². The molecule has 0 aromatic carbocycles. The molecular weight excluding hydrogens is 310 g/mol. The normalized spacial score (nSPS) is 15.9. The number of piperazine rings is 1. The number of hydrogen-bond donors (Lipinski definition) is 0. The Kier molecular flexibility index (Phi) is 5.77. The van der Waals surface area contributed by atoms with Crippen molar-refractivity contribution in [2.45, 2.75) is 32.9 Å². The number of esters is 1. The van der Waals surface area contributed by atoms with Crippen LogP contribution in [0.5, 0.6) is 0 Å². The van der Waals surface area contributed by atoms with Gasteiger partial charge in [-0.25, -0.2) is 14.6 Å². The summed E-state index contributed by atoms with van der Waals surface area (Å²) in [4.78, 5) is 31.9. The minimum absolute atomic E-state index is 0.279. The fraction of sp³-hybridized carbons (Fsp3) is 0.588. The standard InChI is InChI=1S/C17H25N3O4/c1-17(2,3)24-16(22)20-10-8-19(9-11-20)12-13-6-5-7-18-14(13)15(21)23-4/h5-7H,8-12H2,1-4H3. The highest BCUT2D eigenvalue weighted by atomic mass is 16.6. The molecule has 1 amide bonds. The van der Waals surface area contributed by atoms with E-state index in [9.17, 15) is 9.59 Å². The lowest BCUT2D eigenvalue weighted by molar-refractivity contribution is 0.0139. The van der Waals surface area contributed by atoms with E-state index in [0.29, 0.717) is 25.3 Å². The van der Waals surface area contributed by atoms with Gasteiger partial charge in [-0.1, -0.05) is 6.07 Å². The van der Waals surface area contributed by atoms with Gasteiger partial charge in [-0.2, -0.15) is 0 Å². The molecule has 0 saturated carbocycles. The number of aromatic nitrogens is 1. The van der Waals surface area contributed by atoms with E-state index in [4.69, 9.17) is 9.47 Å². The summed E-state index contributed by atoms with van der Waals surface area (Å²) in [6, 6.07) is 3.68. The zero-order valence-electron chi connectivity index (χ0n) is 14.7. The molecule has 2 heterocycles. The minimum Gasteiger partial charge on any atom is -0.464 e. The average molecular weight is 335 g/mol. The summed E-state index contributed by atoms with van der Waals surface area (Å²) in [6.45, 7) is 8.81. The number of pyridine rings is 1. The summed E-state index contributed by atoms with van der Waals surface area (Å²) < 4.78 is 10.2. The largest absolute Gasteiger partial charge is 0.464 e. The number of rotatable bonds is 3. The van der Waals surface area contributed by atoms with E-state index in [1.54, 1.807) is 17.2 Å². The van der Waals surface area contributed by atoms with Crippen LogP contribution in [0.2, 0.25) is 0 Å². The molecule has 24 heavy (non-hydrogen) atoms. The molecule has 1 saturated heterocycles. The van der Waals surface area contributed by atoms with Gasteiger partial charge in [0.2, 0.25) is 0 Å². The van der Waals surface area contributed by atoms with Gasteiger partial charge in [0.1, 0.15) is 5.60 Å². The average Bonchev–Trinajstić information content (AvgIpc) is 2.53. The highest BCUT2D eigenvalue weighted by molar-refractivity contribution is 5.88. The van der Waals surface area contributed by atoms with Gasteiger partial charge >= 0.3 is 12.1 Å². The van der Waals surface area contributed by atoms with E-state index in [2.05, 4.69) is 9.88 Å². The zero-order chi connectivity index (χ0) is 17.7. The van der Waals surface area contributed by atoms with Crippen LogP contribution in [0, 0.1) is 0 Å². The van der Waals surface area contributed by atoms with Crippen molar-refractivity contribution < 1.29 is 19.1 Å². The Morgan fingerprint density at radius 2 is 1.88 bits per heavy atom. The van der Waals surface area contributed by atoms with E-state index in [1.165, 1.54) is 7.11 Å². The first kappa shape index (κ1) is 18.2. The third-order valence-electron chi connectivity index (χ3n) is 3.69. The second kappa shape index (κ2) is 7.61. The fourth-order valence-electron chi connectivity index (χ4n) is 2.50. The van der Waals surface area contributed by atoms with Gasteiger partial charge in [-0.3, -0.25) is 4.90 Å². The van der Waals surface area contributed by atoms with Crippen LogP contribution >= 0.6 is 0 Å². The second-order valence-corrected chi connectivity index (χ2v) is 6.75. The number of nitrogens with zero attached hydrogens (tertiary/aromatic N) is 3. The van der Waals surface area contributed by atoms with Crippen molar-refractivity contribution in [1.29, 1.82) is 0 Å². The summed E-state index contributed by atoms with van der Waals surface area (Å²) in [5.74, 6) is -0.432.